The third-order valence-corrected chi connectivity index (χ3v) is 6.04. The van der Waals surface area contributed by atoms with E-state index in [0.29, 0.717) is 24.5 Å². The second-order valence-electron chi connectivity index (χ2n) is 5.69. The summed E-state index contributed by atoms with van der Waals surface area (Å²) in [6, 6.07) is 13.5. The number of benzene rings is 2. The number of hydrogen-bond acceptors (Lipinski definition) is 4. The van der Waals surface area contributed by atoms with Gasteiger partial charge in [0.1, 0.15) is 5.75 Å². The van der Waals surface area contributed by atoms with Gasteiger partial charge in [-0.15, -0.1) is 0 Å². The van der Waals surface area contributed by atoms with Gasteiger partial charge in [-0.25, -0.2) is 8.42 Å². The van der Waals surface area contributed by atoms with E-state index in [4.69, 9.17) is 4.74 Å². The van der Waals surface area contributed by atoms with E-state index in [1.165, 1.54) is 16.4 Å². The summed E-state index contributed by atoms with van der Waals surface area (Å²) in [5, 5.41) is 2.78. The quantitative estimate of drug-likeness (QED) is 0.769. The minimum absolute atomic E-state index is 0.183. The lowest BCUT2D eigenvalue weighted by Gasteiger charge is -2.18. The van der Waals surface area contributed by atoms with Crippen molar-refractivity contribution in [3.63, 3.8) is 0 Å². The fourth-order valence-corrected chi connectivity index (χ4v) is 4.05. The van der Waals surface area contributed by atoms with E-state index in [-0.39, 0.29) is 17.2 Å². The van der Waals surface area contributed by atoms with Crippen LogP contribution >= 0.6 is 0 Å². The number of nitrogens with one attached hydrogen (secondary N) is 1. The topological polar surface area (TPSA) is 75.7 Å². The number of nitrogens with zero attached hydrogens (tertiary/aromatic N) is 1. The molecule has 0 bridgehead atoms. The first-order valence-corrected chi connectivity index (χ1v) is 9.87. The van der Waals surface area contributed by atoms with Crippen LogP contribution in [0.1, 0.15) is 19.4 Å². The highest BCUT2D eigenvalue weighted by molar-refractivity contribution is 7.89. The molecule has 2 rings (SSSR count). The first-order chi connectivity index (χ1) is 12.4. The zero-order valence-electron chi connectivity index (χ0n) is 15.2. The molecule has 2 aromatic rings. The molecule has 0 fully saturated rings. The molecular formula is C19H24N2O4S. The summed E-state index contributed by atoms with van der Waals surface area (Å²) < 4.78 is 31.4. The zero-order valence-corrected chi connectivity index (χ0v) is 16.0. The van der Waals surface area contributed by atoms with Crippen LogP contribution in [0.25, 0.3) is 0 Å². The van der Waals surface area contributed by atoms with Crippen molar-refractivity contribution in [3.8, 4) is 5.75 Å². The molecule has 0 aliphatic rings. The van der Waals surface area contributed by atoms with E-state index in [1.807, 2.05) is 18.2 Å². The number of hydrogen-bond donors (Lipinski definition) is 1. The van der Waals surface area contributed by atoms with E-state index < -0.39 is 10.0 Å². The second kappa shape index (κ2) is 8.82. The summed E-state index contributed by atoms with van der Waals surface area (Å²) in [7, 11) is -1.92. The first-order valence-electron chi connectivity index (χ1n) is 8.43. The Labute approximate surface area is 154 Å². The minimum Gasteiger partial charge on any atom is -0.497 e. The summed E-state index contributed by atoms with van der Waals surface area (Å²) in [5.74, 6) is 0.513. The molecule has 0 saturated heterocycles. The monoisotopic (exact) mass is 376 g/mol. The molecule has 0 aromatic heterocycles. The maximum atomic E-state index is 12.5. The van der Waals surface area contributed by atoms with Gasteiger partial charge in [0.25, 0.3) is 0 Å². The van der Waals surface area contributed by atoms with Gasteiger partial charge in [0.2, 0.25) is 15.9 Å². The average molecular weight is 376 g/mol. The Balaban J connectivity index is 2.05. The molecule has 7 heteroatoms. The Morgan fingerprint density at radius 1 is 1.08 bits per heavy atom. The van der Waals surface area contributed by atoms with E-state index in [9.17, 15) is 13.2 Å². The largest absolute Gasteiger partial charge is 0.497 e. The highest BCUT2D eigenvalue weighted by atomic mass is 32.2. The number of amides is 1. The standard InChI is InChI=1S/C19H24N2O4S/c1-4-21(5-2)26(23,24)18-11-9-16(10-12-18)20-19(22)14-15-7-6-8-17(13-15)25-3/h6-13H,4-5,14H2,1-3H3,(H,20,22). The molecule has 0 aliphatic heterocycles. The van der Waals surface area contributed by atoms with Crippen LogP contribution in [0.3, 0.4) is 0 Å². The van der Waals surface area contributed by atoms with Crippen molar-refractivity contribution in [1.29, 1.82) is 0 Å². The molecule has 0 atom stereocenters. The predicted molar refractivity (Wildman–Crippen MR) is 102 cm³/mol. The van der Waals surface area contributed by atoms with Gasteiger partial charge in [-0.3, -0.25) is 4.79 Å². The van der Waals surface area contributed by atoms with Crippen molar-refractivity contribution in [2.45, 2.75) is 25.2 Å². The molecule has 0 radical (unpaired) electrons. The van der Waals surface area contributed by atoms with Gasteiger partial charge in [-0.2, -0.15) is 4.31 Å². The van der Waals surface area contributed by atoms with Crippen LogP contribution in [-0.2, 0) is 21.2 Å². The van der Waals surface area contributed by atoms with Gasteiger partial charge in [-0.1, -0.05) is 26.0 Å². The van der Waals surface area contributed by atoms with E-state index in [0.717, 1.165) is 5.56 Å². The summed E-state index contributed by atoms with van der Waals surface area (Å²) in [5.41, 5.74) is 1.39. The maximum absolute atomic E-state index is 12.5. The van der Waals surface area contributed by atoms with Gasteiger partial charge >= 0.3 is 0 Å². The average Bonchev–Trinajstić information content (AvgIpc) is 2.63. The van der Waals surface area contributed by atoms with Crippen LogP contribution in [0.2, 0.25) is 0 Å². The maximum Gasteiger partial charge on any atom is 0.243 e. The Kier molecular flexibility index (Phi) is 6.76. The number of rotatable bonds is 8. The van der Waals surface area contributed by atoms with Crippen LogP contribution in [0.5, 0.6) is 5.75 Å². The number of methoxy groups -OCH3 is 1. The van der Waals surface area contributed by atoms with Gasteiger partial charge in [0, 0.05) is 18.8 Å². The number of sulfonamides is 1. The normalized spacial score (nSPS) is 11.4. The van der Waals surface area contributed by atoms with E-state index >= 15 is 0 Å². The molecule has 0 unspecified atom stereocenters. The molecule has 2 aromatic carbocycles. The lowest BCUT2D eigenvalue weighted by molar-refractivity contribution is -0.115. The molecule has 26 heavy (non-hydrogen) atoms. The molecule has 0 aliphatic carbocycles. The van der Waals surface area contributed by atoms with Crippen molar-refractivity contribution in [2.24, 2.45) is 0 Å². The van der Waals surface area contributed by atoms with Crippen molar-refractivity contribution in [3.05, 3.63) is 54.1 Å². The SMILES string of the molecule is CCN(CC)S(=O)(=O)c1ccc(NC(=O)Cc2cccc(OC)c2)cc1. The van der Waals surface area contributed by atoms with Gasteiger partial charge < -0.3 is 10.1 Å². The van der Waals surface area contributed by atoms with Crippen molar-refractivity contribution < 1.29 is 17.9 Å². The Hall–Kier alpha value is -2.38. The van der Waals surface area contributed by atoms with Crippen LogP contribution in [0.4, 0.5) is 5.69 Å². The molecule has 140 valence electrons. The van der Waals surface area contributed by atoms with Gasteiger partial charge in [-0.05, 0) is 42.0 Å². The fraction of sp³-hybridized carbons (Fsp3) is 0.316. The van der Waals surface area contributed by atoms with E-state index in [2.05, 4.69) is 5.32 Å². The Bertz CT molecular complexity index is 844. The fourth-order valence-electron chi connectivity index (χ4n) is 2.60. The van der Waals surface area contributed by atoms with Crippen molar-refractivity contribution >= 4 is 21.6 Å². The van der Waals surface area contributed by atoms with Crippen molar-refractivity contribution in [1.82, 2.24) is 4.31 Å². The smallest absolute Gasteiger partial charge is 0.243 e. The number of carbonyl (C=O) groups excluding carboxylic acids is 1. The third-order valence-electron chi connectivity index (χ3n) is 3.98. The summed E-state index contributed by atoms with van der Waals surface area (Å²) in [6.07, 6.45) is 0.205. The van der Waals surface area contributed by atoms with E-state index in [1.54, 1.807) is 39.2 Å². The molecule has 0 heterocycles. The van der Waals surface area contributed by atoms with Crippen LogP contribution in [0.15, 0.2) is 53.4 Å². The number of anilines is 1. The molecule has 1 amide bonds. The van der Waals surface area contributed by atoms with Crippen LogP contribution in [-0.4, -0.2) is 38.8 Å². The minimum atomic E-state index is -3.50. The first kappa shape index (κ1) is 19.9. The zero-order chi connectivity index (χ0) is 19.2. The molecule has 6 nitrogen and oxygen atoms in total. The number of ether oxygens (including phenoxy) is 1. The highest BCUT2D eigenvalue weighted by Gasteiger charge is 2.21. The van der Waals surface area contributed by atoms with Crippen LogP contribution in [0, 0.1) is 0 Å². The Morgan fingerprint density at radius 2 is 1.73 bits per heavy atom. The molecular weight excluding hydrogens is 352 g/mol. The predicted octanol–water partition coefficient (Wildman–Crippen LogP) is 2.91. The lowest BCUT2D eigenvalue weighted by Crippen LogP contribution is -2.30. The lowest BCUT2D eigenvalue weighted by atomic mass is 10.1. The molecule has 0 spiro atoms. The summed E-state index contributed by atoms with van der Waals surface area (Å²) >= 11 is 0. The molecule has 0 saturated carbocycles. The van der Waals surface area contributed by atoms with Crippen LogP contribution < -0.4 is 10.1 Å². The molecule has 1 N–H and O–H groups in total. The summed E-state index contributed by atoms with van der Waals surface area (Å²) in [4.78, 5) is 12.4. The Morgan fingerprint density at radius 3 is 2.31 bits per heavy atom. The van der Waals surface area contributed by atoms with Gasteiger partial charge in [0.05, 0.1) is 18.4 Å². The number of carbonyl (C=O) groups is 1. The van der Waals surface area contributed by atoms with Gasteiger partial charge in [0.15, 0.2) is 0 Å². The highest BCUT2D eigenvalue weighted by Crippen LogP contribution is 2.19. The van der Waals surface area contributed by atoms with Crippen molar-refractivity contribution in [2.75, 3.05) is 25.5 Å². The third kappa shape index (κ3) is 4.83. The second-order valence-corrected chi connectivity index (χ2v) is 7.63. The summed E-state index contributed by atoms with van der Waals surface area (Å²) in [6.45, 7) is 4.43.